The summed E-state index contributed by atoms with van der Waals surface area (Å²) in [5.41, 5.74) is 1.55. The number of hydrogen-bond acceptors (Lipinski definition) is 3. The van der Waals surface area contributed by atoms with Crippen molar-refractivity contribution in [3.05, 3.63) is 16.4 Å². The molecule has 96 valence electrons. The molecule has 0 fully saturated rings. The minimum absolute atomic E-state index is 0.160. The fraction of sp³-hybridized carbons (Fsp3) is 0.636. The number of nitrogens with zero attached hydrogens (tertiary/aromatic N) is 2. The summed E-state index contributed by atoms with van der Waals surface area (Å²) in [6.45, 7) is 6.25. The second kappa shape index (κ2) is 6.02. The highest BCUT2D eigenvalue weighted by atomic mass is 35.5. The first-order chi connectivity index (χ1) is 8.01. The maximum Gasteiger partial charge on any atom is 0.332 e. The Morgan fingerprint density at radius 2 is 2.24 bits per heavy atom. The first-order valence-corrected chi connectivity index (χ1v) is 5.97. The summed E-state index contributed by atoms with van der Waals surface area (Å²) in [6.07, 6.45) is -0.107. The van der Waals surface area contributed by atoms with Crippen LogP contribution >= 0.6 is 11.6 Å². The zero-order valence-electron chi connectivity index (χ0n) is 10.2. The molecule has 0 aromatic carbocycles. The van der Waals surface area contributed by atoms with E-state index < -0.39 is 12.1 Å². The van der Waals surface area contributed by atoms with Gasteiger partial charge in [0.15, 0.2) is 6.10 Å². The Morgan fingerprint density at radius 3 is 2.71 bits per heavy atom. The van der Waals surface area contributed by atoms with Gasteiger partial charge in [-0.05, 0) is 20.3 Å². The number of halogens is 1. The highest BCUT2D eigenvalue weighted by Gasteiger charge is 2.17. The van der Waals surface area contributed by atoms with E-state index in [1.165, 1.54) is 6.92 Å². The van der Waals surface area contributed by atoms with Gasteiger partial charge >= 0.3 is 5.97 Å². The van der Waals surface area contributed by atoms with Crippen molar-refractivity contribution in [3.8, 4) is 0 Å². The van der Waals surface area contributed by atoms with Crippen LogP contribution in [0.4, 0.5) is 0 Å². The third-order valence-electron chi connectivity index (χ3n) is 2.51. The largest absolute Gasteiger partial charge is 0.479 e. The average molecular weight is 261 g/mol. The lowest BCUT2D eigenvalue weighted by Gasteiger charge is -2.09. The molecule has 1 unspecified atom stereocenters. The summed E-state index contributed by atoms with van der Waals surface area (Å²) in [7, 11) is 0. The fourth-order valence-electron chi connectivity index (χ4n) is 1.43. The second-order valence-corrected chi connectivity index (χ2v) is 4.05. The van der Waals surface area contributed by atoms with Crippen molar-refractivity contribution in [2.24, 2.45) is 0 Å². The van der Waals surface area contributed by atoms with Crippen LogP contribution in [0.25, 0.3) is 0 Å². The molecule has 0 aliphatic heterocycles. The normalized spacial score (nSPS) is 12.7. The van der Waals surface area contributed by atoms with Gasteiger partial charge in [0, 0.05) is 6.54 Å². The summed E-state index contributed by atoms with van der Waals surface area (Å²) >= 11 is 6.16. The van der Waals surface area contributed by atoms with Crippen LogP contribution in [0.15, 0.2) is 0 Å². The van der Waals surface area contributed by atoms with Crippen molar-refractivity contribution in [2.45, 2.75) is 46.4 Å². The maximum atomic E-state index is 10.6. The van der Waals surface area contributed by atoms with E-state index in [4.69, 9.17) is 21.4 Å². The number of aromatic nitrogens is 2. The van der Waals surface area contributed by atoms with Crippen LogP contribution in [0.5, 0.6) is 0 Å². The predicted molar refractivity (Wildman–Crippen MR) is 64.2 cm³/mol. The van der Waals surface area contributed by atoms with E-state index in [0.29, 0.717) is 11.6 Å². The second-order valence-electron chi connectivity index (χ2n) is 3.67. The number of aryl methyl sites for hydroxylation is 2. The smallest absolute Gasteiger partial charge is 0.332 e. The van der Waals surface area contributed by atoms with Crippen molar-refractivity contribution in [2.75, 3.05) is 0 Å². The SMILES string of the molecule is CCc1nn(CC)c(COC(C)C(=O)O)c1Cl. The van der Waals surface area contributed by atoms with E-state index in [2.05, 4.69) is 5.10 Å². The molecule has 0 bridgehead atoms. The van der Waals surface area contributed by atoms with Gasteiger partial charge in [-0.2, -0.15) is 5.10 Å². The van der Waals surface area contributed by atoms with Crippen molar-refractivity contribution >= 4 is 17.6 Å². The molecule has 5 nitrogen and oxygen atoms in total. The van der Waals surface area contributed by atoms with Gasteiger partial charge in [0.1, 0.15) is 0 Å². The molecule has 17 heavy (non-hydrogen) atoms. The first kappa shape index (κ1) is 14.0. The number of carboxylic acids is 1. The van der Waals surface area contributed by atoms with Crippen LogP contribution in [-0.4, -0.2) is 27.0 Å². The summed E-state index contributed by atoms with van der Waals surface area (Å²) in [5.74, 6) is -0.987. The number of hydrogen-bond donors (Lipinski definition) is 1. The standard InChI is InChI=1S/C11H17ClN2O3/c1-4-8-10(12)9(14(5-2)13-8)6-17-7(3)11(15)16/h7H,4-6H2,1-3H3,(H,15,16). The Labute approximate surface area is 105 Å². The zero-order valence-corrected chi connectivity index (χ0v) is 11.0. The van der Waals surface area contributed by atoms with Crippen LogP contribution in [-0.2, 0) is 29.1 Å². The Hall–Kier alpha value is -1.07. The van der Waals surface area contributed by atoms with Gasteiger partial charge in [0.2, 0.25) is 0 Å². The van der Waals surface area contributed by atoms with Gasteiger partial charge in [-0.25, -0.2) is 4.79 Å². The highest BCUT2D eigenvalue weighted by molar-refractivity contribution is 6.31. The molecule has 0 saturated heterocycles. The lowest BCUT2D eigenvalue weighted by molar-refractivity contribution is -0.150. The van der Waals surface area contributed by atoms with Crippen LogP contribution in [0.3, 0.4) is 0 Å². The third kappa shape index (κ3) is 3.20. The molecular formula is C11H17ClN2O3. The maximum absolute atomic E-state index is 10.6. The molecule has 0 saturated carbocycles. The van der Waals surface area contributed by atoms with Crippen molar-refractivity contribution in [3.63, 3.8) is 0 Å². The van der Waals surface area contributed by atoms with Crippen LogP contribution in [0.2, 0.25) is 5.02 Å². The van der Waals surface area contributed by atoms with Gasteiger partial charge in [-0.1, -0.05) is 18.5 Å². The lowest BCUT2D eigenvalue weighted by Crippen LogP contribution is -2.20. The van der Waals surface area contributed by atoms with Gasteiger partial charge in [0.25, 0.3) is 0 Å². The molecule has 1 atom stereocenters. The molecule has 0 aliphatic rings. The number of aliphatic carboxylic acids is 1. The molecule has 1 aromatic heterocycles. The summed E-state index contributed by atoms with van der Waals surface area (Å²) in [5, 5.41) is 13.6. The molecule has 0 aliphatic carbocycles. The average Bonchev–Trinajstić information content (AvgIpc) is 2.62. The lowest BCUT2D eigenvalue weighted by atomic mass is 10.3. The van der Waals surface area contributed by atoms with E-state index >= 15 is 0 Å². The van der Waals surface area contributed by atoms with Crippen molar-refractivity contribution < 1.29 is 14.6 Å². The van der Waals surface area contributed by atoms with E-state index in [1.807, 2.05) is 13.8 Å². The highest BCUT2D eigenvalue weighted by Crippen LogP contribution is 2.22. The van der Waals surface area contributed by atoms with E-state index in [0.717, 1.165) is 17.8 Å². The van der Waals surface area contributed by atoms with Crippen molar-refractivity contribution in [1.82, 2.24) is 9.78 Å². The van der Waals surface area contributed by atoms with Crippen LogP contribution in [0.1, 0.15) is 32.2 Å². The summed E-state index contributed by atoms with van der Waals surface area (Å²) in [4.78, 5) is 10.6. The first-order valence-electron chi connectivity index (χ1n) is 5.59. The monoisotopic (exact) mass is 260 g/mol. The Kier molecular flexibility index (Phi) is 4.96. The number of rotatable bonds is 6. The number of carboxylic acid groups (broad SMARTS) is 1. The zero-order chi connectivity index (χ0) is 13.0. The van der Waals surface area contributed by atoms with Gasteiger partial charge < -0.3 is 9.84 Å². The molecule has 1 rings (SSSR count). The number of ether oxygens (including phenoxy) is 1. The molecule has 6 heteroatoms. The summed E-state index contributed by atoms with van der Waals surface area (Å²) in [6, 6.07) is 0. The molecule has 0 radical (unpaired) electrons. The topological polar surface area (TPSA) is 64.4 Å². The van der Waals surface area contributed by atoms with Crippen molar-refractivity contribution in [1.29, 1.82) is 0 Å². The Bertz CT molecular complexity index is 404. The van der Waals surface area contributed by atoms with E-state index in [-0.39, 0.29) is 6.61 Å². The molecular weight excluding hydrogens is 244 g/mol. The molecule has 0 spiro atoms. The van der Waals surface area contributed by atoms with Crippen LogP contribution < -0.4 is 0 Å². The van der Waals surface area contributed by atoms with E-state index in [9.17, 15) is 4.79 Å². The van der Waals surface area contributed by atoms with Gasteiger partial charge in [-0.3, -0.25) is 4.68 Å². The van der Waals surface area contributed by atoms with Gasteiger partial charge in [-0.15, -0.1) is 0 Å². The Balaban J connectivity index is 2.82. The molecule has 0 amide bonds. The quantitative estimate of drug-likeness (QED) is 0.851. The van der Waals surface area contributed by atoms with Crippen LogP contribution in [0, 0.1) is 0 Å². The fourth-order valence-corrected chi connectivity index (χ4v) is 1.75. The van der Waals surface area contributed by atoms with E-state index in [1.54, 1.807) is 4.68 Å². The predicted octanol–water partition coefficient (Wildman–Crippen LogP) is 2.11. The molecule has 1 N–H and O–H groups in total. The number of carbonyl (C=O) groups is 1. The minimum Gasteiger partial charge on any atom is -0.479 e. The van der Waals surface area contributed by atoms with Gasteiger partial charge in [0.05, 0.1) is 23.0 Å². The molecule has 1 aromatic rings. The minimum atomic E-state index is -0.987. The third-order valence-corrected chi connectivity index (χ3v) is 2.95. The molecule has 1 heterocycles. The Morgan fingerprint density at radius 1 is 1.59 bits per heavy atom. The summed E-state index contributed by atoms with van der Waals surface area (Å²) < 4.78 is 6.97.